The van der Waals surface area contributed by atoms with E-state index in [1.165, 1.54) is 0 Å². The first-order valence-electron chi connectivity index (χ1n) is 23.2. The van der Waals surface area contributed by atoms with Gasteiger partial charge in [-0.2, -0.15) is 0 Å². The number of carbonyl (C=O) groups excluding carboxylic acids is 1. The molecule has 7 aliphatic rings. The molecule has 0 unspecified atom stereocenters. The molecule has 2 bridgehead atoms. The molecular formula is C48H74O14. The number of aliphatic hydroxyl groups excluding tert-OH is 2. The van der Waals surface area contributed by atoms with Crippen molar-refractivity contribution in [2.75, 3.05) is 20.8 Å². The second-order valence-corrected chi connectivity index (χ2v) is 19.4. The van der Waals surface area contributed by atoms with Crippen LogP contribution in [0.3, 0.4) is 0 Å². The van der Waals surface area contributed by atoms with E-state index in [4.69, 9.17) is 47.4 Å². The minimum Gasteiger partial charge on any atom is -0.462 e. The van der Waals surface area contributed by atoms with Gasteiger partial charge in [0, 0.05) is 52.2 Å². The summed E-state index contributed by atoms with van der Waals surface area (Å²) in [6, 6.07) is 0. The van der Waals surface area contributed by atoms with E-state index >= 15 is 0 Å². The fourth-order valence-electron chi connectivity index (χ4n) is 11.0. The minimum absolute atomic E-state index is 0.00708. The quantitative estimate of drug-likeness (QED) is 0.204. The summed E-state index contributed by atoms with van der Waals surface area (Å²) in [4.78, 5) is 14.4. The fraction of sp³-hybridized carbons (Fsp3) is 0.812. The SMILES string of the molecule is CC[C@H](C)[C@@H]1O[C@]2(CC[C@@H]1C)C[C@H]1C[C@H](C/C=C(\C)[C@@H](O[C@@H]3C[C@H](OC)[C@H](O[C@@H]4C[C@H](OC)[C@H](O)[C@H](C)O4)[C@H](C)O3)[C@@H](C)/C=C/C=C3CO[C@@H]4[C@@H](O)C(C)=C[C@@H](C(=O)O1)[C@]34O)O2. The molecule has 0 aromatic rings. The zero-order valence-electron chi connectivity index (χ0n) is 38.5. The Morgan fingerprint density at radius 1 is 0.919 bits per heavy atom. The van der Waals surface area contributed by atoms with Crippen molar-refractivity contribution in [3.8, 4) is 0 Å². The summed E-state index contributed by atoms with van der Waals surface area (Å²) in [6.45, 7) is 16.3. The Morgan fingerprint density at radius 3 is 2.35 bits per heavy atom. The molecule has 62 heavy (non-hydrogen) atoms. The van der Waals surface area contributed by atoms with Crippen LogP contribution in [0.2, 0.25) is 0 Å². The largest absolute Gasteiger partial charge is 0.462 e. The summed E-state index contributed by atoms with van der Waals surface area (Å²) in [5, 5.41) is 34.2. The first kappa shape index (κ1) is 47.9. The van der Waals surface area contributed by atoms with Gasteiger partial charge in [-0.1, -0.05) is 64.5 Å². The highest BCUT2D eigenvalue weighted by atomic mass is 16.7. The number of carbonyl (C=O) groups is 1. The molecule has 5 saturated heterocycles. The second-order valence-electron chi connectivity index (χ2n) is 19.4. The fourth-order valence-corrected chi connectivity index (χ4v) is 11.0. The van der Waals surface area contributed by atoms with Crippen molar-refractivity contribution in [3.63, 3.8) is 0 Å². The molecule has 0 aromatic carbocycles. The number of esters is 1. The van der Waals surface area contributed by atoms with Gasteiger partial charge in [-0.3, -0.25) is 4.79 Å². The zero-order valence-corrected chi connectivity index (χ0v) is 38.5. The molecule has 1 aliphatic carbocycles. The van der Waals surface area contributed by atoms with Crippen LogP contribution in [-0.4, -0.2) is 139 Å². The maximum Gasteiger partial charge on any atom is 0.316 e. The van der Waals surface area contributed by atoms with Crippen LogP contribution in [0.25, 0.3) is 0 Å². The molecule has 0 amide bonds. The number of hydrogen-bond donors (Lipinski definition) is 3. The van der Waals surface area contributed by atoms with Gasteiger partial charge in [-0.15, -0.1) is 0 Å². The van der Waals surface area contributed by atoms with Crippen LogP contribution in [-0.2, 0) is 52.2 Å². The molecule has 5 fully saturated rings. The van der Waals surface area contributed by atoms with Gasteiger partial charge in [0.25, 0.3) is 0 Å². The lowest BCUT2D eigenvalue weighted by Gasteiger charge is -2.51. The molecule has 350 valence electrons. The monoisotopic (exact) mass is 875 g/mol. The van der Waals surface area contributed by atoms with Gasteiger partial charge in [0.2, 0.25) is 0 Å². The number of hydrogen-bond acceptors (Lipinski definition) is 14. The molecule has 0 aromatic heterocycles. The average molecular weight is 875 g/mol. The maximum absolute atomic E-state index is 14.4. The predicted molar refractivity (Wildman–Crippen MR) is 227 cm³/mol. The summed E-state index contributed by atoms with van der Waals surface area (Å²) in [5.74, 6) is -2.10. The predicted octanol–water partition coefficient (Wildman–Crippen LogP) is 5.60. The van der Waals surface area contributed by atoms with Gasteiger partial charge in [0.05, 0.1) is 49.3 Å². The Hall–Kier alpha value is -2.05. The van der Waals surface area contributed by atoms with Crippen LogP contribution in [0.5, 0.6) is 0 Å². The van der Waals surface area contributed by atoms with Gasteiger partial charge in [0.15, 0.2) is 18.4 Å². The third kappa shape index (κ3) is 9.73. The number of allylic oxidation sites excluding steroid dienone is 2. The summed E-state index contributed by atoms with van der Waals surface area (Å²) in [7, 11) is 3.23. The molecule has 1 spiro atoms. The van der Waals surface area contributed by atoms with E-state index in [-0.39, 0.29) is 30.8 Å². The third-order valence-electron chi connectivity index (χ3n) is 14.9. The topological polar surface area (TPSA) is 170 Å². The van der Waals surface area contributed by atoms with Gasteiger partial charge in [-0.25, -0.2) is 0 Å². The van der Waals surface area contributed by atoms with Gasteiger partial charge in [0.1, 0.15) is 42.0 Å². The van der Waals surface area contributed by atoms with Crippen LogP contribution in [0.4, 0.5) is 0 Å². The number of rotatable bonds is 8. The highest BCUT2D eigenvalue weighted by Crippen LogP contribution is 2.48. The molecule has 0 radical (unpaired) electrons. The number of ether oxygens (including phenoxy) is 10. The Morgan fingerprint density at radius 2 is 1.63 bits per heavy atom. The third-order valence-corrected chi connectivity index (χ3v) is 14.9. The van der Waals surface area contributed by atoms with E-state index in [2.05, 4.69) is 40.7 Å². The van der Waals surface area contributed by atoms with E-state index in [1.807, 2.05) is 19.1 Å². The lowest BCUT2D eigenvalue weighted by atomic mass is 9.71. The van der Waals surface area contributed by atoms with Crippen LogP contribution < -0.4 is 0 Å². The Labute approximate surface area is 368 Å². The molecule has 14 heteroatoms. The maximum atomic E-state index is 14.4. The highest BCUT2D eigenvalue weighted by Gasteiger charge is 2.60. The standard InChI is InChI=1S/C48H74O14/c1-11-25(2)43-28(5)17-18-47(62-43)23-34-20-33(61-47)16-15-27(4)42(26(3)13-12-14-32-24-55-45-40(49)29(6)19-35(46(51)58-34)48(32,45)52)59-39-22-37(54-10)44(31(8)57-39)60-38-21-36(53-9)41(50)30(7)56-38/h12-15,19,25-26,28,30-31,33-45,49-50,52H,11,16-18,20-24H2,1-10H3/b13-12+,27-15+,32-14?/t25-,26-,28-,30-,31-,33-,34+,35-,36-,37-,38+,39+,40-,41+,42-,43-,44+,45+,47+,48+/m0/s1. The van der Waals surface area contributed by atoms with Crippen molar-refractivity contribution >= 4 is 5.97 Å². The number of aliphatic hydroxyl groups is 3. The lowest BCUT2D eigenvalue weighted by molar-refractivity contribution is -0.340. The molecule has 14 nitrogen and oxygen atoms in total. The van der Waals surface area contributed by atoms with Crippen molar-refractivity contribution in [3.05, 3.63) is 47.1 Å². The van der Waals surface area contributed by atoms with E-state index in [0.717, 1.165) is 18.4 Å². The molecule has 6 aliphatic heterocycles. The van der Waals surface area contributed by atoms with Gasteiger partial charge >= 0.3 is 5.97 Å². The van der Waals surface area contributed by atoms with Crippen LogP contribution in [0.15, 0.2) is 47.1 Å². The molecule has 7 rings (SSSR count). The Balaban J connectivity index is 1.18. The van der Waals surface area contributed by atoms with Gasteiger partial charge in [-0.05, 0) is 69.1 Å². The van der Waals surface area contributed by atoms with Crippen molar-refractivity contribution in [1.82, 2.24) is 0 Å². The first-order valence-corrected chi connectivity index (χ1v) is 23.2. The summed E-state index contributed by atoms with van der Waals surface area (Å²) >= 11 is 0. The summed E-state index contributed by atoms with van der Waals surface area (Å²) in [5.41, 5.74) is 0.188. The average Bonchev–Trinajstić information content (AvgIpc) is 3.58. The van der Waals surface area contributed by atoms with Crippen molar-refractivity contribution in [1.29, 1.82) is 0 Å². The number of fused-ring (bicyclic) bond motifs is 2. The van der Waals surface area contributed by atoms with Crippen LogP contribution in [0.1, 0.15) is 107 Å². The van der Waals surface area contributed by atoms with Crippen LogP contribution >= 0.6 is 0 Å². The minimum atomic E-state index is -1.82. The first-order chi connectivity index (χ1) is 29.5. The van der Waals surface area contributed by atoms with Crippen LogP contribution in [0, 0.1) is 23.7 Å². The summed E-state index contributed by atoms with van der Waals surface area (Å²) in [6.07, 6.45) is 6.53. The second kappa shape index (κ2) is 19.8. The Bertz CT molecular complexity index is 1680. The zero-order chi connectivity index (χ0) is 44.7. The van der Waals surface area contributed by atoms with Crippen molar-refractivity contribution in [2.45, 2.75) is 204 Å². The molecular weight excluding hydrogens is 801 g/mol. The molecule has 20 atom stereocenters. The van der Waals surface area contributed by atoms with Crippen molar-refractivity contribution in [2.24, 2.45) is 23.7 Å². The normalized spacial score (nSPS) is 48.6. The van der Waals surface area contributed by atoms with Gasteiger partial charge < -0.3 is 62.7 Å². The smallest absolute Gasteiger partial charge is 0.316 e. The Kier molecular flexibility index (Phi) is 15.3. The van der Waals surface area contributed by atoms with Crippen molar-refractivity contribution < 1.29 is 67.5 Å². The molecule has 6 heterocycles. The lowest BCUT2D eigenvalue weighted by Crippen LogP contribution is -2.58. The number of methoxy groups -OCH3 is 2. The molecule has 0 saturated carbocycles. The summed E-state index contributed by atoms with van der Waals surface area (Å²) < 4.78 is 63.9. The molecule has 3 N–H and O–H groups in total. The van der Waals surface area contributed by atoms with E-state index in [0.29, 0.717) is 61.5 Å². The van der Waals surface area contributed by atoms with E-state index < -0.39 is 90.8 Å². The van der Waals surface area contributed by atoms with E-state index in [1.54, 1.807) is 40.2 Å². The highest BCUT2D eigenvalue weighted by molar-refractivity contribution is 5.78. The van der Waals surface area contributed by atoms with E-state index in [9.17, 15) is 20.1 Å².